The Hall–Kier alpha value is -2.37. The van der Waals surface area contributed by atoms with E-state index in [1.54, 1.807) is 17.4 Å². The van der Waals surface area contributed by atoms with Crippen LogP contribution < -0.4 is 9.47 Å². The van der Waals surface area contributed by atoms with Crippen molar-refractivity contribution in [1.29, 1.82) is 0 Å². The normalized spacial score (nSPS) is 20.0. The van der Waals surface area contributed by atoms with Crippen LogP contribution in [0.1, 0.15) is 108 Å². The Balaban J connectivity index is 1.75. The fraction of sp³-hybridized carbons (Fsp3) is 0.632. The molecule has 2 aromatic carbocycles. The van der Waals surface area contributed by atoms with E-state index in [-0.39, 0.29) is 24.4 Å². The molecule has 6 nitrogen and oxygen atoms in total. The first-order chi connectivity index (χ1) is 23.3. The van der Waals surface area contributed by atoms with E-state index in [4.69, 9.17) is 23.7 Å². The van der Waals surface area contributed by atoms with Gasteiger partial charge in [0.25, 0.3) is 0 Å². The molecule has 1 aromatic heterocycles. The van der Waals surface area contributed by atoms with Gasteiger partial charge in [-0.25, -0.2) is 0 Å². The van der Waals surface area contributed by atoms with Gasteiger partial charge in [0.2, 0.25) is 0 Å². The van der Waals surface area contributed by atoms with E-state index in [1.807, 2.05) is 37.3 Å². The van der Waals surface area contributed by atoms with Crippen LogP contribution in [0.25, 0.3) is 10.1 Å². The molecule has 0 unspecified atom stereocenters. The van der Waals surface area contributed by atoms with Gasteiger partial charge >= 0.3 is 6.36 Å². The second-order valence-corrected chi connectivity index (χ2v) is 13.6. The van der Waals surface area contributed by atoms with Crippen molar-refractivity contribution < 1.29 is 41.6 Å². The van der Waals surface area contributed by atoms with Crippen molar-refractivity contribution in [3.63, 3.8) is 0 Å². The molecular formula is C38H53F3O6S. The van der Waals surface area contributed by atoms with E-state index in [2.05, 4.69) is 25.5 Å². The third kappa shape index (κ3) is 11.6. The summed E-state index contributed by atoms with van der Waals surface area (Å²) in [6, 6.07) is 13.2. The Morgan fingerprint density at radius 3 is 2.21 bits per heavy atom. The number of benzene rings is 2. The molecule has 268 valence electrons. The van der Waals surface area contributed by atoms with Gasteiger partial charge in [-0.1, -0.05) is 71.6 Å². The number of ether oxygens (including phenoxy) is 6. The van der Waals surface area contributed by atoms with Crippen LogP contribution in [0, 0.1) is 0 Å². The first kappa shape index (κ1) is 38.4. The lowest BCUT2D eigenvalue weighted by Gasteiger charge is -2.42. The van der Waals surface area contributed by atoms with Crippen molar-refractivity contribution in [1.82, 2.24) is 0 Å². The van der Waals surface area contributed by atoms with Crippen molar-refractivity contribution in [2.75, 3.05) is 33.0 Å². The molecule has 0 spiro atoms. The van der Waals surface area contributed by atoms with E-state index in [0.29, 0.717) is 56.3 Å². The van der Waals surface area contributed by atoms with Gasteiger partial charge in [0.1, 0.15) is 23.7 Å². The highest BCUT2D eigenvalue weighted by Crippen LogP contribution is 2.43. The van der Waals surface area contributed by atoms with Gasteiger partial charge in [-0.3, -0.25) is 0 Å². The minimum atomic E-state index is -4.86. The Bertz CT molecular complexity index is 1330. The van der Waals surface area contributed by atoms with E-state index < -0.39 is 18.6 Å². The second-order valence-electron chi connectivity index (χ2n) is 12.5. The fourth-order valence-electron chi connectivity index (χ4n) is 5.83. The third-order valence-corrected chi connectivity index (χ3v) is 9.56. The summed E-state index contributed by atoms with van der Waals surface area (Å²) in [4.78, 5) is 0.936. The maximum absolute atomic E-state index is 13.8. The topological polar surface area (TPSA) is 55.4 Å². The molecule has 2 heterocycles. The summed E-state index contributed by atoms with van der Waals surface area (Å²) < 4.78 is 79.1. The van der Waals surface area contributed by atoms with Crippen LogP contribution in [0.15, 0.2) is 42.5 Å². The van der Waals surface area contributed by atoms with Crippen molar-refractivity contribution in [3.8, 4) is 11.5 Å². The summed E-state index contributed by atoms with van der Waals surface area (Å²) in [6.07, 6.45) is 1.74. The predicted octanol–water partition coefficient (Wildman–Crippen LogP) is 10.6. The number of rotatable bonds is 21. The SMILES string of the molecule is CCCCOC[C@H]1O[C@@H](c2cc(Cc3cc4ccccc4s3)c(OC(F)(F)F)cc2OCCCC)C[C@@H](OCCCC)[C@@H]1OCCCC. The lowest BCUT2D eigenvalue weighted by atomic mass is 9.91. The molecule has 0 radical (unpaired) electrons. The molecule has 10 heteroatoms. The minimum Gasteiger partial charge on any atom is -0.493 e. The minimum absolute atomic E-state index is 0.262. The molecule has 0 bridgehead atoms. The molecule has 0 N–H and O–H groups in total. The van der Waals surface area contributed by atoms with Crippen LogP contribution >= 0.6 is 11.3 Å². The van der Waals surface area contributed by atoms with Crippen LogP contribution in [0.2, 0.25) is 0 Å². The number of thiophene rings is 1. The molecule has 1 aliphatic heterocycles. The van der Waals surface area contributed by atoms with E-state index in [0.717, 1.165) is 66.3 Å². The van der Waals surface area contributed by atoms with Gasteiger partial charge < -0.3 is 28.4 Å². The zero-order valence-electron chi connectivity index (χ0n) is 28.9. The third-order valence-electron chi connectivity index (χ3n) is 8.44. The average Bonchev–Trinajstić information content (AvgIpc) is 3.47. The number of hydrogen-bond donors (Lipinski definition) is 0. The molecule has 4 rings (SSSR count). The van der Waals surface area contributed by atoms with Gasteiger partial charge in [-0.2, -0.15) is 0 Å². The predicted molar refractivity (Wildman–Crippen MR) is 185 cm³/mol. The Kier molecular flexibility index (Phi) is 15.8. The highest BCUT2D eigenvalue weighted by Gasteiger charge is 2.42. The summed E-state index contributed by atoms with van der Waals surface area (Å²) in [7, 11) is 0. The van der Waals surface area contributed by atoms with Crippen molar-refractivity contribution in [2.24, 2.45) is 0 Å². The number of alkyl halides is 3. The Labute approximate surface area is 288 Å². The van der Waals surface area contributed by atoms with Gasteiger partial charge in [-0.15, -0.1) is 24.5 Å². The summed E-state index contributed by atoms with van der Waals surface area (Å²) >= 11 is 1.56. The largest absolute Gasteiger partial charge is 0.573 e. The van der Waals surface area contributed by atoms with Gasteiger partial charge in [0.05, 0.1) is 25.4 Å². The smallest absolute Gasteiger partial charge is 0.493 e. The van der Waals surface area contributed by atoms with E-state index in [1.165, 1.54) is 6.07 Å². The van der Waals surface area contributed by atoms with Crippen LogP contribution in [-0.2, 0) is 25.4 Å². The van der Waals surface area contributed by atoms with Crippen molar-refractivity contribution >= 4 is 21.4 Å². The molecule has 3 aromatic rings. The average molecular weight is 695 g/mol. The number of fused-ring (bicyclic) bond motifs is 1. The quantitative estimate of drug-likeness (QED) is 0.104. The molecule has 1 fully saturated rings. The monoisotopic (exact) mass is 694 g/mol. The molecule has 1 saturated heterocycles. The molecule has 0 amide bonds. The fourth-order valence-corrected chi connectivity index (χ4v) is 6.91. The van der Waals surface area contributed by atoms with Crippen LogP contribution in [-0.4, -0.2) is 57.7 Å². The highest BCUT2D eigenvalue weighted by atomic mass is 32.1. The highest BCUT2D eigenvalue weighted by molar-refractivity contribution is 7.19. The lowest BCUT2D eigenvalue weighted by Crippen LogP contribution is -2.50. The molecule has 4 atom stereocenters. The van der Waals surface area contributed by atoms with Crippen LogP contribution in [0.3, 0.4) is 0 Å². The molecule has 1 aliphatic rings. The zero-order valence-corrected chi connectivity index (χ0v) is 29.8. The van der Waals surface area contributed by atoms with Crippen molar-refractivity contribution in [3.05, 3.63) is 58.5 Å². The molecular weight excluding hydrogens is 641 g/mol. The summed E-state index contributed by atoms with van der Waals surface area (Å²) in [5.41, 5.74) is 1.10. The molecule has 0 saturated carbocycles. The van der Waals surface area contributed by atoms with Crippen LogP contribution in [0.5, 0.6) is 11.5 Å². The first-order valence-corrected chi connectivity index (χ1v) is 18.6. The van der Waals surface area contributed by atoms with Gasteiger partial charge in [-0.05, 0) is 49.3 Å². The lowest BCUT2D eigenvalue weighted by molar-refractivity contribution is -0.274. The maximum Gasteiger partial charge on any atom is 0.573 e. The van der Waals surface area contributed by atoms with Gasteiger partial charge in [0, 0.05) is 59.4 Å². The Morgan fingerprint density at radius 1 is 0.812 bits per heavy atom. The summed E-state index contributed by atoms with van der Waals surface area (Å²) in [5, 5.41) is 1.05. The number of hydrogen-bond acceptors (Lipinski definition) is 7. The zero-order chi connectivity index (χ0) is 34.4. The van der Waals surface area contributed by atoms with Crippen LogP contribution in [0.4, 0.5) is 13.2 Å². The Morgan fingerprint density at radius 2 is 1.50 bits per heavy atom. The molecule has 0 aliphatic carbocycles. The molecule has 48 heavy (non-hydrogen) atoms. The number of halogens is 3. The van der Waals surface area contributed by atoms with Gasteiger partial charge in [0.15, 0.2) is 0 Å². The second kappa shape index (κ2) is 19.7. The first-order valence-electron chi connectivity index (χ1n) is 17.7. The van der Waals surface area contributed by atoms with Crippen molar-refractivity contribution in [2.45, 2.75) is 123 Å². The maximum atomic E-state index is 13.8. The van der Waals surface area contributed by atoms with E-state index in [9.17, 15) is 13.2 Å². The standard InChI is InChI=1S/C38H53F3O6S/c1-5-9-17-42-26-35-37(45-20-12-8-4)34(44-19-11-7-3)25-33(46-35)30-23-28(22-29-21-27-15-13-14-16-36(27)48-29)31(47-38(39,40)41)24-32(30)43-18-10-6-2/h13-16,21,23-24,33-35,37H,5-12,17-20,22,25-26H2,1-4H3/t33-,34-,35-,37+/m1/s1. The summed E-state index contributed by atoms with van der Waals surface area (Å²) in [5.74, 6) is 0.0677. The van der Waals surface area contributed by atoms with E-state index >= 15 is 0 Å². The summed E-state index contributed by atoms with van der Waals surface area (Å²) in [6.45, 7) is 10.9. The number of unbranched alkanes of at least 4 members (excludes halogenated alkanes) is 4.